The summed E-state index contributed by atoms with van der Waals surface area (Å²) in [4.78, 5) is 16.2. The lowest BCUT2D eigenvalue weighted by atomic mass is 9.98. The maximum Gasteiger partial charge on any atom is 0.310 e. The summed E-state index contributed by atoms with van der Waals surface area (Å²) in [6.07, 6.45) is 2.17. The van der Waals surface area contributed by atoms with Gasteiger partial charge in [-0.15, -0.1) is 0 Å². The molecule has 118 valence electrons. The molecule has 5 heteroatoms. The second-order valence-electron chi connectivity index (χ2n) is 5.31. The van der Waals surface area contributed by atoms with Crippen molar-refractivity contribution in [2.24, 2.45) is 5.92 Å². The summed E-state index contributed by atoms with van der Waals surface area (Å²) < 4.78 is 4.90. The Morgan fingerprint density at radius 3 is 2.91 bits per heavy atom. The van der Waals surface area contributed by atoms with Crippen molar-refractivity contribution in [1.82, 2.24) is 4.98 Å². The number of nitriles is 1. The number of carbonyl (C=O) groups excluding carboxylic acids is 1. The molecule has 0 spiro atoms. The molecule has 0 amide bonds. The minimum absolute atomic E-state index is 0.284. The molecule has 0 aliphatic heterocycles. The van der Waals surface area contributed by atoms with Crippen molar-refractivity contribution in [1.29, 1.82) is 5.26 Å². The van der Waals surface area contributed by atoms with Gasteiger partial charge in [0.15, 0.2) is 0 Å². The summed E-state index contributed by atoms with van der Waals surface area (Å²) in [6.45, 7) is 2.37. The number of pyridine rings is 1. The first-order valence-electron chi connectivity index (χ1n) is 7.36. The monoisotopic (exact) mass is 309 g/mol. The summed E-state index contributed by atoms with van der Waals surface area (Å²) in [6, 6.07) is 13.5. The fraction of sp³-hybridized carbons (Fsp3) is 0.278. The van der Waals surface area contributed by atoms with E-state index in [4.69, 9.17) is 10.00 Å². The van der Waals surface area contributed by atoms with E-state index in [0.29, 0.717) is 24.3 Å². The lowest BCUT2D eigenvalue weighted by Crippen LogP contribution is -2.27. The van der Waals surface area contributed by atoms with Crippen molar-refractivity contribution in [3.05, 3.63) is 59.3 Å². The number of hydrogen-bond donors (Lipinski definition) is 1. The molecule has 1 N–H and O–H groups in total. The van der Waals surface area contributed by atoms with Crippen LogP contribution in [0.1, 0.15) is 16.7 Å². The Morgan fingerprint density at radius 1 is 1.39 bits per heavy atom. The topological polar surface area (TPSA) is 75.0 Å². The van der Waals surface area contributed by atoms with E-state index in [1.165, 1.54) is 7.11 Å². The van der Waals surface area contributed by atoms with Gasteiger partial charge in [0.2, 0.25) is 0 Å². The van der Waals surface area contributed by atoms with Crippen molar-refractivity contribution in [3.8, 4) is 6.07 Å². The molecule has 1 aromatic carbocycles. The third-order valence-electron chi connectivity index (χ3n) is 3.54. The van der Waals surface area contributed by atoms with Crippen molar-refractivity contribution >= 4 is 11.8 Å². The third-order valence-corrected chi connectivity index (χ3v) is 3.54. The van der Waals surface area contributed by atoms with Crippen molar-refractivity contribution in [2.75, 3.05) is 19.0 Å². The van der Waals surface area contributed by atoms with Crippen molar-refractivity contribution < 1.29 is 9.53 Å². The Labute approximate surface area is 135 Å². The van der Waals surface area contributed by atoms with Crippen LogP contribution >= 0.6 is 0 Å². The summed E-state index contributed by atoms with van der Waals surface area (Å²) in [5, 5.41) is 12.2. The van der Waals surface area contributed by atoms with E-state index in [2.05, 4.69) is 22.4 Å². The largest absolute Gasteiger partial charge is 0.469 e. The number of benzene rings is 1. The van der Waals surface area contributed by atoms with Gasteiger partial charge >= 0.3 is 5.97 Å². The Kier molecular flexibility index (Phi) is 5.70. The van der Waals surface area contributed by atoms with Crippen molar-refractivity contribution in [3.63, 3.8) is 0 Å². The number of nitrogens with zero attached hydrogens (tertiary/aromatic N) is 2. The van der Waals surface area contributed by atoms with Crippen LogP contribution in [-0.2, 0) is 16.0 Å². The van der Waals surface area contributed by atoms with Gasteiger partial charge in [-0.25, -0.2) is 4.98 Å². The molecule has 2 aromatic rings. The standard InChI is InChI=1S/C18H19N3O2/c1-13-5-3-6-14(9-13)10-16(18(22)23-2)12-21-17-15(11-19)7-4-8-20-17/h3-9,16H,10,12H2,1-2H3,(H,20,21). The zero-order valence-electron chi connectivity index (χ0n) is 13.2. The molecule has 0 bridgehead atoms. The van der Waals surface area contributed by atoms with Crippen LogP contribution < -0.4 is 5.32 Å². The lowest BCUT2D eigenvalue weighted by molar-refractivity contribution is -0.144. The highest BCUT2D eigenvalue weighted by Crippen LogP contribution is 2.15. The van der Waals surface area contributed by atoms with E-state index in [-0.39, 0.29) is 11.9 Å². The predicted octanol–water partition coefficient (Wildman–Crippen LogP) is 2.71. The molecule has 0 fully saturated rings. The zero-order valence-corrected chi connectivity index (χ0v) is 13.2. The Morgan fingerprint density at radius 2 is 2.22 bits per heavy atom. The van der Waals surface area contributed by atoms with Crippen LogP contribution in [-0.4, -0.2) is 24.6 Å². The predicted molar refractivity (Wildman–Crippen MR) is 87.8 cm³/mol. The van der Waals surface area contributed by atoms with Crippen molar-refractivity contribution in [2.45, 2.75) is 13.3 Å². The Bertz CT molecular complexity index is 722. The molecule has 0 saturated carbocycles. The minimum Gasteiger partial charge on any atom is -0.469 e. The molecule has 1 unspecified atom stereocenters. The van der Waals surface area contributed by atoms with Gasteiger partial charge in [0, 0.05) is 12.7 Å². The maximum atomic E-state index is 12.0. The van der Waals surface area contributed by atoms with Gasteiger partial charge in [0.25, 0.3) is 0 Å². The Balaban J connectivity index is 2.10. The van der Waals surface area contributed by atoms with E-state index in [1.807, 2.05) is 25.1 Å². The third kappa shape index (κ3) is 4.55. The molecule has 1 heterocycles. The molecule has 23 heavy (non-hydrogen) atoms. The molecule has 5 nitrogen and oxygen atoms in total. The molecule has 0 saturated heterocycles. The molecule has 0 aliphatic carbocycles. The molecule has 0 radical (unpaired) electrons. The first-order chi connectivity index (χ1) is 11.1. The number of methoxy groups -OCH3 is 1. The number of hydrogen-bond acceptors (Lipinski definition) is 5. The molecule has 0 aliphatic rings. The first-order valence-corrected chi connectivity index (χ1v) is 7.36. The van der Waals surface area contributed by atoms with Gasteiger partial charge in [0.1, 0.15) is 11.9 Å². The quantitative estimate of drug-likeness (QED) is 0.830. The van der Waals surface area contributed by atoms with Crippen LogP contribution in [0.15, 0.2) is 42.6 Å². The average molecular weight is 309 g/mol. The number of esters is 1. The van der Waals surface area contributed by atoms with Crippen LogP contribution in [0.25, 0.3) is 0 Å². The fourth-order valence-corrected chi connectivity index (χ4v) is 2.39. The normalized spacial score (nSPS) is 11.3. The molecule has 1 aromatic heterocycles. The second-order valence-corrected chi connectivity index (χ2v) is 5.31. The van der Waals surface area contributed by atoms with Gasteiger partial charge in [0.05, 0.1) is 18.6 Å². The number of anilines is 1. The fourth-order valence-electron chi connectivity index (χ4n) is 2.39. The Hall–Kier alpha value is -2.87. The van der Waals surface area contributed by atoms with Crippen LogP contribution in [0.3, 0.4) is 0 Å². The highest BCUT2D eigenvalue weighted by atomic mass is 16.5. The number of nitrogens with one attached hydrogen (secondary N) is 1. The van der Waals surface area contributed by atoms with E-state index in [0.717, 1.165) is 11.1 Å². The van der Waals surface area contributed by atoms with E-state index >= 15 is 0 Å². The maximum absolute atomic E-state index is 12.0. The van der Waals surface area contributed by atoms with Gasteiger partial charge in [-0.05, 0) is 31.0 Å². The lowest BCUT2D eigenvalue weighted by Gasteiger charge is -2.16. The SMILES string of the molecule is COC(=O)C(CNc1ncccc1C#N)Cc1cccc(C)c1. The zero-order chi connectivity index (χ0) is 16.7. The molecular formula is C18H19N3O2. The number of aryl methyl sites for hydroxylation is 1. The minimum atomic E-state index is -0.352. The van der Waals surface area contributed by atoms with Crippen LogP contribution in [0.2, 0.25) is 0 Å². The molecule has 2 rings (SSSR count). The summed E-state index contributed by atoms with van der Waals surface area (Å²) in [5.41, 5.74) is 2.67. The van der Waals surface area contributed by atoms with Gasteiger partial charge in [-0.3, -0.25) is 4.79 Å². The number of rotatable bonds is 6. The van der Waals surface area contributed by atoms with Crippen LogP contribution in [0, 0.1) is 24.2 Å². The smallest absolute Gasteiger partial charge is 0.310 e. The van der Waals surface area contributed by atoms with Gasteiger partial charge < -0.3 is 10.1 Å². The highest BCUT2D eigenvalue weighted by Gasteiger charge is 2.20. The van der Waals surface area contributed by atoms with E-state index in [9.17, 15) is 4.79 Å². The summed E-state index contributed by atoms with van der Waals surface area (Å²) in [5.74, 6) is -0.156. The van der Waals surface area contributed by atoms with Crippen LogP contribution in [0.4, 0.5) is 5.82 Å². The van der Waals surface area contributed by atoms with Gasteiger partial charge in [-0.2, -0.15) is 5.26 Å². The first kappa shape index (κ1) is 16.5. The van der Waals surface area contributed by atoms with E-state index < -0.39 is 0 Å². The highest BCUT2D eigenvalue weighted by molar-refractivity contribution is 5.73. The molecular weight excluding hydrogens is 290 g/mol. The number of ether oxygens (including phenoxy) is 1. The average Bonchev–Trinajstić information content (AvgIpc) is 2.58. The number of carbonyl (C=O) groups is 1. The van der Waals surface area contributed by atoms with Gasteiger partial charge in [-0.1, -0.05) is 29.8 Å². The van der Waals surface area contributed by atoms with Crippen LogP contribution in [0.5, 0.6) is 0 Å². The van der Waals surface area contributed by atoms with E-state index in [1.54, 1.807) is 18.3 Å². The molecule has 1 atom stereocenters. The summed E-state index contributed by atoms with van der Waals surface area (Å²) in [7, 11) is 1.38. The summed E-state index contributed by atoms with van der Waals surface area (Å²) >= 11 is 0. The number of aromatic nitrogens is 1. The second kappa shape index (κ2) is 7.95.